The number of benzene rings is 2. The number of hydrogen-bond acceptors (Lipinski definition) is 3. The average molecular weight is 363 g/mol. The molecular weight excluding hydrogens is 343 g/mol. The number of carbonyl (C=O) groups excluding carboxylic acids is 1. The minimum atomic E-state index is -4.35. The molecule has 1 amide bonds. The van der Waals surface area contributed by atoms with Crippen molar-refractivity contribution in [2.24, 2.45) is 0 Å². The molecule has 1 heterocycles. The van der Waals surface area contributed by atoms with Gasteiger partial charge >= 0.3 is 6.18 Å². The van der Waals surface area contributed by atoms with Gasteiger partial charge in [-0.1, -0.05) is 12.1 Å². The summed E-state index contributed by atoms with van der Waals surface area (Å²) in [4.78, 5) is 15.3. The second kappa shape index (κ2) is 6.90. The lowest BCUT2D eigenvalue weighted by Gasteiger charge is -2.43. The highest BCUT2D eigenvalue weighted by atomic mass is 19.4. The van der Waals surface area contributed by atoms with Gasteiger partial charge in [-0.15, -0.1) is 0 Å². The Labute approximate surface area is 150 Å². The van der Waals surface area contributed by atoms with Crippen molar-refractivity contribution in [1.82, 2.24) is 5.32 Å². The van der Waals surface area contributed by atoms with Crippen molar-refractivity contribution in [1.29, 1.82) is 0 Å². The smallest absolute Gasteiger partial charge is 0.366 e. The van der Waals surface area contributed by atoms with Gasteiger partial charge in [0.1, 0.15) is 0 Å². The molecule has 26 heavy (non-hydrogen) atoms. The third-order valence-electron chi connectivity index (χ3n) is 4.59. The zero-order chi connectivity index (χ0) is 18.9. The van der Waals surface area contributed by atoms with E-state index in [1.165, 1.54) is 19.1 Å². The molecule has 1 aliphatic heterocycles. The molecule has 0 fully saturated rings. The average Bonchev–Trinajstić information content (AvgIpc) is 2.60. The molecule has 2 aromatic rings. The van der Waals surface area contributed by atoms with Gasteiger partial charge in [0.2, 0.25) is 5.91 Å². The summed E-state index contributed by atoms with van der Waals surface area (Å²) >= 11 is 0. The molecule has 0 aliphatic carbocycles. The van der Waals surface area contributed by atoms with E-state index in [0.29, 0.717) is 18.8 Å². The fraction of sp³-hybridized carbons (Fsp3) is 0.316. The summed E-state index contributed by atoms with van der Waals surface area (Å²) in [6.07, 6.45) is -4.35. The van der Waals surface area contributed by atoms with Crippen LogP contribution in [0.25, 0.3) is 0 Å². The van der Waals surface area contributed by atoms with Crippen molar-refractivity contribution < 1.29 is 18.0 Å². The normalized spacial score (nSPS) is 17.0. The molecule has 4 nitrogen and oxygen atoms in total. The third-order valence-corrected chi connectivity index (χ3v) is 4.59. The third kappa shape index (κ3) is 3.61. The number of anilines is 3. The molecule has 2 aromatic carbocycles. The summed E-state index contributed by atoms with van der Waals surface area (Å²) in [5.41, 5.74) is 1.91. The summed E-state index contributed by atoms with van der Waals surface area (Å²) < 4.78 is 38.5. The van der Waals surface area contributed by atoms with Crippen LogP contribution < -0.4 is 15.1 Å². The van der Waals surface area contributed by atoms with Crippen LogP contribution in [0.1, 0.15) is 12.5 Å². The van der Waals surface area contributed by atoms with Crippen molar-refractivity contribution in [2.45, 2.75) is 19.1 Å². The Morgan fingerprint density at radius 2 is 1.73 bits per heavy atom. The lowest BCUT2D eigenvalue weighted by atomic mass is 10.1. The highest BCUT2D eigenvalue weighted by Gasteiger charge is 2.32. The van der Waals surface area contributed by atoms with Gasteiger partial charge in [-0.3, -0.25) is 4.79 Å². The molecule has 0 radical (unpaired) electrons. The van der Waals surface area contributed by atoms with Crippen molar-refractivity contribution in [3.63, 3.8) is 0 Å². The van der Waals surface area contributed by atoms with E-state index in [1.54, 1.807) is 0 Å². The lowest BCUT2D eigenvalue weighted by molar-refractivity contribution is -0.137. The minimum absolute atomic E-state index is 0.00362. The Balaban J connectivity index is 1.94. The molecule has 0 bridgehead atoms. The summed E-state index contributed by atoms with van der Waals surface area (Å²) in [6.45, 7) is 2.47. The highest BCUT2D eigenvalue weighted by molar-refractivity contribution is 5.80. The minimum Gasteiger partial charge on any atom is -0.366 e. The first-order valence-corrected chi connectivity index (χ1v) is 8.28. The van der Waals surface area contributed by atoms with E-state index in [1.807, 2.05) is 36.2 Å². The Kier molecular flexibility index (Phi) is 4.80. The predicted octanol–water partition coefficient (Wildman–Crippen LogP) is 3.80. The van der Waals surface area contributed by atoms with Crippen LogP contribution in [0.3, 0.4) is 0 Å². The number of para-hydroxylation sites is 2. The van der Waals surface area contributed by atoms with Crippen LogP contribution in [-0.4, -0.2) is 32.1 Å². The van der Waals surface area contributed by atoms with Gasteiger partial charge in [0, 0.05) is 32.7 Å². The van der Waals surface area contributed by atoms with Crippen LogP contribution in [-0.2, 0) is 11.0 Å². The number of hydrogen-bond donors (Lipinski definition) is 1. The lowest BCUT2D eigenvalue weighted by Crippen LogP contribution is -2.51. The van der Waals surface area contributed by atoms with Gasteiger partial charge in [0.05, 0.1) is 23.0 Å². The number of amides is 1. The second-order valence-electron chi connectivity index (χ2n) is 6.35. The van der Waals surface area contributed by atoms with Gasteiger partial charge < -0.3 is 15.1 Å². The molecule has 7 heteroatoms. The monoisotopic (exact) mass is 363 g/mol. The molecule has 138 valence electrons. The first-order valence-electron chi connectivity index (χ1n) is 8.28. The number of nitrogens with one attached hydrogen (secondary N) is 1. The summed E-state index contributed by atoms with van der Waals surface area (Å²) in [7, 11) is 1.95. The quantitative estimate of drug-likeness (QED) is 0.901. The van der Waals surface area contributed by atoms with Gasteiger partial charge in [-0.05, 0) is 36.4 Å². The fourth-order valence-electron chi connectivity index (χ4n) is 3.16. The number of alkyl halides is 3. The Bertz CT molecular complexity index is 789. The Morgan fingerprint density at radius 3 is 2.31 bits per heavy atom. The molecule has 1 aliphatic rings. The molecule has 0 saturated carbocycles. The van der Waals surface area contributed by atoms with Crippen LogP contribution in [0.15, 0.2) is 48.5 Å². The molecule has 3 rings (SSSR count). The number of nitrogens with zero attached hydrogens (tertiary/aromatic N) is 2. The van der Waals surface area contributed by atoms with Gasteiger partial charge in [-0.25, -0.2) is 0 Å². The van der Waals surface area contributed by atoms with Crippen LogP contribution in [0, 0.1) is 0 Å². The van der Waals surface area contributed by atoms with E-state index < -0.39 is 11.7 Å². The molecular formula is C19H20F3N3O. The van der Waals surface area contributed by atoms with E-state index in [4.69, 9.17) is 0 Å². The summed E-state index contributed by atoms with van der Waals surface area (Å²) in [5, 5.41) is 2.82. The highest BCUT2D eigenvalue weighted by Crippen LogP contribution is 2.39. The topological polar surface area (TPSA) is 35.6 Å². The van der Waals surface area contributed by atoms with Gasteiger partial charge in [-0.2, -0.15) is 13.2 Å². The molecule has 1 atom stereocenters. The van der Waals surface area contributed by atoms with E-state index in [2.05, 4.69) is 10.2 Å². The van der Waals surface area contributed by atoms with E-state index in [9.17, 15) is 18.0 Å². The van der Waals surface area contributed by atoms with Gasteiger partial charge in [0.25, 0.3) is 0 Å². The number of fused-ring (bicyclic) bond motifs is 1. The van der Waals surface area contributed by atoms with Gasteiger partial charge in [0.15, 0.2) is 0 Å². The van der Waals surface area contributed by atoms with Crippen LogP contribution in [0.4, 0.5) is 30.2 Å². The van der Waals surface area contributed by atoms with Crippen LogP contribution >= 0.6 is 0 Å². The molecule has 0 saturated heterocycles. The Morgan fingerprint density at radius 1 is 1.12 bits per heavy atom. The largest absolute Gasteiger partial charge is 0.416 e. The van der Waals surface area contributed by atoms with Crippen molar-refractivity contribution >= 4 is 23.0 Å². The van der Waals surface area contributed by atoms with E-state index >= 15 is 0 Å². The van der Waals surface area contributed by atoms with Crippen molar-refractivity contribution in [3.8, 4) is 0 Å². The summed E-state index contributed by atoms with van der Waals surface area (Å²) in [6, 6.07) is 12.9. The van der Waals surface area contributed by atoms with E-state index in [0.717, 1.165) is 23.5 Å². The number of halogens is 3. The maximum atomic E-state index is 12.8. The van der Waals surface area contributed by atoms with Crippen LogP contribution in [0.2, 0.25) is 0 Å². The number of carbonyl (C=O) groups is 1. The van der Waals surface area contributed by atoms with Crippen LogP contribution in [0.5, 0.6) is 0 Å². The first kappa shape index (κ1) is 18.1. The van der Waals surface area contributed by atoms with E-state index in [-0.39, 0.29) is 11.9 Å². The zero-order valence-corrected chi connectivity index (χ0v) is 14.5. The molecule has 0 aromatic heterocycles. The first-order chi connectivity index (χ1) is 12.3. The second-order valence-corrected chi connectivity index (χ2v) is 6.35. The number of likely N-dealkylation sites (N-methyl/N-ethyl adjacent to an activating group) is 1. The number of rotatable bonds is 3. The van der Waals surface area contributed by atoms with Crippen molar-refractivity contribution in [2.75, 3.05) is 29.9 Å². The SMILES string of the molecule is CC(=O)NCC1CN(c2ccc(C(F)(F)F)cc2)c2ccccc2N1C. The zero-order valence-electron chi connectivity index (χ0n) is 14.5. The predicted molar refractivity (Wildman–Crippen MR) is 95.8 cm³/mol. The maximum Gasteiger partial charge on any atom is 0.416 e. The Hall–Kier alpha value is -2.70. The standard InChI is InChI=1S/C19H20F3N3O/c1-13(26)23-11-16-12-25(18-6-4-3-5-17(18)24(16)2)15-9-7-14(8-10-15)19(20,21)22/h3-10,16H,11-12H2,1-2H3,(H,23,26). The molecule has 0 spiro atoms. The molecule has 1 N–H and O–H groups in total. The van der Waals surface area contributed by atoms with Crippen molar-refractivity contribution in [3.05, 3.63) is 54.1 Å². The maximum absolute atomic E-state index is 12.8. The fourth-order valence-corrected chi connectivity index (χ4v) is 3.16. The summed E-state index contributed by atoms with van der Waals surface area (Å²) in [5.74, 6) is -0.113. The molecule has 1 unspecified atom stereocenters.